The zero-order valence-electron chi connectivity index (χ0n) is 23.3. The van der Waals surface area contributed by atoms with Gasteiger partial charge in [0.2, 0.25) is 5.91 Å². The monoisotopic (exact) mass is 567 g/mol. The number of nitrogens with zero attached hydrogens (tertiary/aromatic N) is 3. The fourth-order valence-electron chi connectivity index (χ4n) is 6.03. The quantitative estimate of drug-likeness (QED) is 0.296. The van der Waals surface area contributed by atoms with Gasteiger partial charge in [-0.3, -0.25) is 9.59 Å². The van der Waals surface area contributed by atoms with Crippen LogP contribution in [0.15, 0.2) is 97.1 Å². The summed E-state index contributed by atoms with van der Waals surface area (Å²) in [5, 5.41) is 0. The number of piperazine rings is 1. The first kappa shape index (κ1) is 27.4. The van der Waals surface area contributed by atoms with E-state index in [1.807, 2.05) is 47.4 Å². The highest BCUT2D eigenvalue weighted by Gasteiger charge is 2.45. The highest BCUT2D eigenvalue weighted by atomic mass is 19.1. The van der Waals surface area contributed by atoms with Crippen molar-refractivity contribution in [2.24, 2.45) is 0 Å². The van der Waals surface area contributed by atoms with Crippen LogP contribution in [0.3, 0.4) is 0 Å². The Hall–Kier alpha value is -4.72. The molecule has 0 unspecified atom stereocenters. The van der Waals surface area contributed by atoms with Crippen LogP contribution in [0.4, 0.5) is 14.5 Å². The maximum atomic E-state index is 14.5. The third kappa shape index (κ3) is 5.32. The molecule has 4 aromatic carbocycles. The Bertz CT molecular complexity index is 1570. The van der Waals surface area contributed by atoms with Gasteiger partial charge in [0.05, 0.1) is 19.1 Å². The van der Waals surface area contributed by atoms with E-state index < -0.39 is 12.0 Å². The van der Waals surface area contributed by atoms with Crippen molar-refractivity contribution in [3.63, 3.8) is 0 Å². The summed E-state index contributed by atoms with van der Waals surface area (Å²) in [4.78, 5) is 34.3. The molecule has 8 heteroatoms. The van der Waals surface area contributed by atoms with Crippen LogP contribution in [0.25, 0.3) is 0 Å². The van der Waals surface area contributed by atoms with Crippen LogP contribution >= 0.6 is 0 Å². The second kappa shape index (κ2) is 11.6. The van der Waals surface area contributed by atoms with E-state index >= 15 is 0 Å². The fourth-order valence-corrected chi connectivity index (χ4v) is 6.03. The number of carbonyl (C=O) groups excluding carboxylic acids is 2. The summed E-state index contributed by atoms with van der Waals surface area (Å²) in [7, 11) is 1.59. The third-order valence-corrected chi connectivity index (χ3v) is 8.21. The molecule has 2 aliphatic heterocycles. The van der Waals surface area contributed by atoms with Crippen LogP contribution in [-0.4, -0.2) is 54.9 Å². The van der Waals surface area contributed by atoms with E-state index in [4.69, 9.17) is 4.74 Å². The average molecular weight is 568 g/mol. The van der Waals surface area contributed by atoms with E-state index in [0.717, 1.165) is 16.8 Å². The largest absolute Gasteiger partial charge is 0.497 e. The van der Waals surface area contributed by atoms with Crippen molar-refractivity contribution in [1.29, 1.82) is 0 Å². The molecule has 0 radical (unpaired) electrons. The number of halogens is 2. The molecule has 0 saturated carbocycles. The molecule has 0 aliphatic carbocycles. The number of fused-ring (bicyclic) bond motifs is 1. The lowest BCUT2D eigenvalue weighted by atomic mass is 9.78. The van der Waals surface area contributed by atoms with Gasteiger partial charge in [-0.1, -0.05) is 42.5 Å². The van der Waals surface area contributed by atoms with E-state index in [1.165, 1.54) is 24.3 Å². The summed E-state index contributed by atoms with van der Waals surface area (Å²) in [5.41, 5.74) is 3.68. The van der Waals surface area contributed by atoms with Gasteiger partial charge in [-0.15, -0.1) is 0 Å². The Kier molecular flexibility index (Phi) is 7.61. The van der Waals surface area contributed by atoms with Crippen LogP contribution in [0.1, 0.15) is 39.0 Å². The predicted octanol–water partition coefficient (Wildman–Crippen LogP) is 5.80. The van der Waals surface area contributed by atoms with Gasteiger partial charge in [-0.25, -0.2) is 8.78 Å². The van der Waals surface area contributed by atoms with Crippen LogP contribution < -0.4 is 9.64 Å². The number of benzene rings is 4. The lowest BCUT2D eigenvalue weighted by molar-refractivity contribution is -0.135. The molecule has 0 spiro atoms. The highest BCUT2D eigenvalue weighted by Crippen LogP contribution is 2.45. The van der Waals surface area contributed by atoms with Gasteiger partial charge < -0.3 is 19.4 Å². The fraction of sp³-hybridized carbons (Fsp3) is 0.235. The molecular formula is C34H31F2N3O3. The molecule has 2 atom stereocenters. The minimum absolute atomic E-state index is 0.0568. The Morgan fingerprint density at radius 1 is 0.810 bits per heavy atom. The summed E-state index contributed by atoms with van der Waals surface area (Å²) in [6, 6.07) is 26.7. The first-order valence-corrected chi connectivity index (χ1v) is 14.0. The molecule has 0 N–H and O–H groups in total. The van der Waals surface area contributed by atoms with Gasteiger partial charge in [0.15, 0.2) is 0 Å². The molecule has 2 aliphatic rings. The SMILES string of the molecule is COc1ccc([C@@H]2[C@@H](C(=O)N3CCN(c4ccc(F)cc4)CC3)c3ccccc3C(=O)N2Cc2ccc(F)cc2)cc1. The molecule has 214 valence electrons. The first-order chi connectivity index (χ1) is 20.4. The Morgan fingerprint density at radius 3 is 2.07 bits per heavy atom. The minimum atomic E-state index is -0.648. The smallest absolute Gasteiger partial charge is 0.255 e. The summed E-state index contributed by atoms with van der Waals surface area (Å²) in [6.45, 7) is 2.42. The molecule has 6 rings (SSSR count). The zero-order valence-corrected chi connectivity index (χ0v) is 23.3. The molecular weight excluding hydrogens is 536 g/mol. The summed E-state index contributed by atoms with van der Waals surface area (Å²) < 4.78 is 32.5. The van der Waals surface area contributed by atoms with Crippen LogP contribution in [0.2, 0.25) is 0 Å². The van der Waals surface area contributed by atoms with E-state index in [9.17, 15) is 18.4 Å². The van der Waals surface area contributed by atoms with Crippen molar-refractivity contribution in [3.05, 3.63) is 131 Å². The van der Waals surface area contributed by atoms with E-state index in [-0.39, 0.29) is 30.0 Å². The van der Waals surface area contributed by atoms with Crippen molar-refractivity contribution in [1.82, 2.24) is 9.80 Å². The first-order valence-electron chi connectivity index (χ1n) is 14.0. The van der Waals surface area contributed by atoms with Crippen LogP contribution in [0.5, 0.6) is 5.75 Å². The number of hydrogen-bond donors (Lipinski definition) is 0. The molecule has 4 aromatic rings. The normalized spacial score (nSPS) is 18.5. The Morgan fingerprint density at radius 2 is 1.43 bits per heavy atom. The maximum absolute atomic E-state index is 14.5. The number of carbonyl (C=O) groups is 2. The van der Waals surface area contributed by atoms with Gasteiger partial charge in [-0.2, -0.15) is 0 Å². The Balaban J connectivity index is 1.37. The average Bonchev–Trinajstić information content (AvgIpc) is 3.03. The molecule has 0 aromatic heterocycles. The van der Waals surface area contributed by atoms with Crippen LogP contribution in [-0.2, 0) is 11.3 Å². The van der Waals surface area contributed by atoms with Crippen molar-refractivity contribution in [3.8, 4) is 5.75 Å². The lowest BCUT2D eigenvalue weighted by Crippen LogP contribution is -2.53. The molecule has 1 fully saturated rings. The molecule has 2 heterocycles. The van der Waals surface area contributed by atoms with Crippen LogP contribution in [0, 0.1) is 11.6 Å². The zero-order chi connectivity index (χ0) is 29.2. The number of methoxy groups -OCH3 is 1. The van der Waals surface area contributed by atoms with E-state index in [0.29, 0.717) is 43.1 Å². The number of ether oxygens (including phenoxy) is 1. The standard InChI is InChI=1S/C34H31F2N3O3/c1-42-28-16-8-24(9-17-28)32-31(34(41)38-20-18-37(19-21-38)27-14-12-26(36)13-15-27)29-4-2-3-5-30(29)33(40)39(32)22-23-6-10-25(35)11-7-23/h2-17,31-32H,18-22H2,1H3/t31-,32+/m0/s1. The predicted molar refractivity (Wildman–Crippen MR) is 156 cm³/mol. The number of hydrogen-bond acceptors (Lipinski definition) is 4. The van der Waals surface area contributed by atoms with E-state index in [2.05, 4.69) is 4.90 Å². The number of anilines is 1. The van der Waals surface area contributed by atoms with Gasteiger partial charge >= 0.3 is 0 Å². The molecule has 2 amide bonds. The molecule has 6 nitrogen and oxygen atoms in total. The van der Waals surface area contributed by atoms with Gasteiger partial charge in [0.25, 0.3) is 5.91 Å². The van der Waals surface area contributed by atoms with Crippen molar-refractivity contribution in [2.75, 3.05) is 38.2 Å². The molecule has 0 bridgehead atoms. The third-order valence-electron chi connectivity index (χ3n) is 8.21. The van der Waals surface area contributed by atoms with Gasteiger partial charge in [-0.05, 0) is 71.3 Å². The van der Waals surface area contributed by atoms with Crippen molar-refractivity contribution < 1.29 is 23.1 Å². The van der Waals surface area contributed by atoms with Crippen molar-refractivity contribution in [2.45, 2.75) is 18.5 Å². The number of rotatable bonds is 6. The second-order valence-electron chi connectivity index (χ2n) is 10.6. The summed E-state index contributed by atoms with van der Waals surface area (Å²) in [5.74, 6) is -0.850. The Labute approximate surface area is 243 Å². The highest BCUT2D eigenvalue weighted by molar-refractivity contribution is 6.01. The molecule has 42 heavy (non-hydrogen) atoms. The topological polar surface area (TPSA) is 53.1 Å². The lowest BCUT2D eigenvalue weighted by Gasteiger charge is -2.45. The van der Waals surface area contributed by atoms with Gasteiger partial charge in [0.1, 0.15) is 17.4 Å². The minimum Gasteiger partial charge on any atom is -0.497 e. The second-order valence-corrected chi connectivity index (χ2v) is 10.6. The molecule has 1 saturated heterocycles. The maximum Gasteiger partial charge on any atom is 0.255 e. The van der Waals surface area contributed by atoms with Gasteiger partial charge in [0, 0.05) is 44.0 Å². The van der Waals surface area contributed by atoms with Crippen molar-refractivity contribution >= 4 is 17.5 Å². The van der Waals surface area contributed by atoms with E-state index in [1.54, 1.807) is 42.3 Å². The summed E-state index contributed by atoms with van der Waals surface area (Å²) in [6.07, 6.45) is 0. The summed E-state index contributed by atoms with van der Waals surface area (Å²) >= 11 is 0. The number of amides is 2.